The quantitative estimate of drug-likeness (QED) is 0.455. The Balaban J connectivity index is 2.68. The van der Waals surface area contributed by atoms with Crippen LogP contribution in [0.4, 0.5) is 0 Å². The van der Waals surface area contributed by atoms with Gasteiger partial charge in [-0.2, -0.15) is 0 Å². The Labute approximate surface area is 129 Å². The van der Waals surface area contributed by atoms with E-state index in [0.717, 1.165) is 0 Å². The summed E-state index contributed by atoms with van der Waals surface area (Å²) in [5.41, 5.74) is 2.07. The number of carbonyl (C=O) groups excluding carboxylic acids is 1. The zero-order valence-electron chi connectivity index (χ0n) is 11.8. The molecule has 124 valence electrons. The second-order valence-electron chi connectivity index (χ2n) is 5.14. The number of hydrogen-bond acceptors (Lipinski definition) is 6. The number of nitrogens with two attached hydrogens (primary N) is 1. The summed E-state index contributed by atoms with van der Waals surface area (Å²) in [6, 6.07) is 4.19. The van der Waals surface area contributed by atoms with Crippen molar-refractivity contribution in [3.05, 3.63) is 29.3 Å². The SMILES string of the molecule is NC(=O)c1cccc2c1C(C(O)(C(=O)O)C(O)C(=O)O)CCO2. The lowest BCUT2D eigenvalue weighted by Gasteiger charge is -2.38. The summed E-state index contributed by atoms with van der Waals surface area (Å²) in [5.74, 6) is -6.01. The Morgan fingerprint density at radius 1 is 1.30 bits per heavy atom. The average molecular weight is 325 g/mol. The van der Waals surface area contributed by atoms with Crippen LogP contribution in [0.3, 0.4) is 0 Å². The Bertz CT molecular complexity index is 673. The monoisotopic (exact) mass is 325 g/mol. The highest BCUT2D eigenvalue weighted by molar-refractivity contribution is 5.96. The minimum atomic E-state index is -3.05. The number of rotatable bonds is 5. The summed E-state index contributed by atoms with van der Waals surface area (Å²) in [4.78, 5) is 34.1. The van der Waals surface area contributed by atoms with Crippen LogP contribution in [-0.2, 0) is 9.59 Å². The van der Waals surface area contributed by atoms with Crippen LogP contribution in [0.25, 0.3) is 0 Å². The predicted octanol–water partition coefficient (Wildman–Crippen LogP) is -1.09. The van der Waals surface area contributed by atoms with Crippen molar-refractivity contribution in [2.45, 2.75) is 24.0 Å². The molecule has 3 atom stereocenters. The zero-order valence-corrected chi connectivity index (χ0v) is 11.8. The van der Waals surface area contributed by atoms with Gasteiger partial charge in [0, 0.05) is 17.0 Å². The Morgan fingerprint density at radius 3 is 2.48 bits per heavy atom. The number of amides is 1. The van der Waals surface area contributed by atoms with Crippen molar-refractivity contribution in [2.75, 3.05) is 6.61 Å². The second-order valence-corrected chi connectivity index (χ2v) is 5.14. The van der Waals surface area contributed by atoms with E-state index in [9.17, 15) is 29.7 Å². The van der Waals surface area contributed by atoms with Crippen LogP contribution < -0.4 is 10.5 Å². The van der Waals surface area contributed by atoms with Crippen molar-refractivity contribution in [1.82, 2.24) is 0 Å². The molecule has 1 aliphatic heterocycles. The Kier molecular flexibility index (Phi) is 4.26. The highest BCUT2D eigenvalue weighted by atomic mass is 16.5. The van der Waals surface area contributed by atoms with Crippen molar-refractivity contribution in [2.24, 2.45) is 5.73 Å². The number of aliphatic carboxylic acids is 2. The molecule has 6 N–H and O–H groups in total. The fourth-order valence-electron chi connectivity index (χ4n) is 2.76. The van der Waals surface area contributed by atoms with E-state index in [4.69, 9.17) is 15.6 Å². The first kappa shape index (κ1) is 16.7. The number of carboxylic acids is 2. The van der Waals surface area contributed by atoms with Crippen LogP contribution in [-0.4, -0.2) is 56.6 Å². The van der Waals surface area contributed by atoms with Crippen molar-refractivity contribution >= 4 is 17.8 Å². The second kappa shape index (κ2) is 5.86. The van der Waals surface area contributed by atoms with Gasteiger partial charge in [0.05, 0.1) is 6.61 Å². The molecule has 2 rings (SSSR count). The number of ether oxygens (including phenoxy) is 1. The zero-order chi connectivity index (χ0) is 17.4. The molecule has 0 aromatic heterocycles. The summed E-state index contributed by atoms with van der Waals surface area (Å²) in [6.07, 6.45) is -2.72. The number of hydrogen-bond donors (Lipinski definition) is 5. The lowest BCUT2D eigenvalue weighted by Crippen LogP contribution is -2.58. The van der Waals surface area contributed by atoms with E-state index in [1.54, 1.807) is 0 Å². The van der Waals surface area contributed by atoms with E-state index in [-0.39, 0.29) is 29.9 Å². The van der Waals surface area contributed by atoms with Gasteiger partial charge in [-0.15, -0.1) is 0 Å². The van der Waals surface area contributed by atoms with E-state index >= 15 is 0 Å². The molecule has 3 unspecified atom stereocenters. The topological polar surface area (TPSA) is 167 Å². The summed E-state index contributed by atoms with van der Waals surface area (Å²) in [5, 5.41) is 38.5. The lowest BCUT2D eigenvalue weighted by molar-refractivity contribution is -0.188. The fraction of sp³-hybridized carbons (Fsp3) is 0.357. The van der Waals surface area contributed by atoms with Crippen molar-refractivity contribution in [3.63, 3.8) is 0 Å². The molecule has 9 nitrogen and oxygen atoms in total. The number of primary amides is 1. The van der Waals surface area contributed by atoms with Gasteiger partial charge in [-0.25, -0.2) is 9.59 Å². The Morgan fingerprint density at radius 2 is 1.96 bits per heavy atom. The maximum absolute atomic E-state index is 11.6. The van der Waals surface area contributed by atoms with Gasteiger partial charge < -0.3 is 30.9 Å². The summed E-state index contributed by atoms with van der Waals surface area (Å²) < 4.78 is 5.32. The third-order valence-electron chi connectivity index (χ3n) is 3.87. The van der Waals surface area contributed by atoms with E-state index in [1.807, 2.05) is 0 Å². The van der Waals surface area contributed by atoms with Gasteiger partial charge in [0.1, 0.15) is 5.75 Å². The highest BCUT2D eigenvalue weighted by Gasteiger charge is 2.56. The van der Waals surface area contributed by atoms with Gasteiger partial charge in [-0.3, -0.25) is 4.79 Å². The minimum absolute atomic E-state index is 0.0260. The van der Waals surface area contributed by atoms with Gasteiger partial charge in [-0.05, 0) is 18.6 Å². The van der Waals surface area contributed by atoms with Gasteiger partial charge >= 0.3 is 11.9 Å². The van der Waals surface area contributed by atoms with Gasteiger partial charge in [0.25, 0.3) is 0 Å². The molecule has 0 saturated carbocycles. The molecule has 0 bridgehead atoms. The van der Waals surface area contributed by atoms with Crippen molar-refractivity contribution in [3.8, 4) is 5.75 Å². The molecule has 0 radical (unpaired) electrons. The summed E-state index contributed by atoms with van der Waals surface area (Å²) >= 11 is 0. The average Bonchev–Trinajstić information content (AvgIpc) is 2.51. The molecule has 1 aromatic rings. The molecule has 0 aliphatic carbocycles. The lowest BCUT2D eigenvalue weighted by atomic mass is 9.73. The number of aliphatic hydroxyl groups is 2. The standard InChI is InChI=1S/C14H15NO8/c15-11(17)6-2-1-3-8-9(6)7(4-5-23-8)14(22,13(20)21)10(16)12(18)19/h1-3,7,10,16,22H,4-5H2,(H2,15,17)(H,18,19)(H,20,21). The number of carbonyl (C=O) groups is 3. The van der Waals surface area contributed by atoms with Crippen LogP contribution in [0.15, 0.2) is 18.2 Å². The van der Waals surface area contributed by atoms with Crippen molar-refractivity contribution in [1.29, 1.82) is 0 Å². The first-order valence-electron chi connectivity index (χ1n) is 6.63. The minimum Gasteiger partial charge on any atom is -0.493 e. The van der Waals surface area contributed by atoms with Crippen LogP contribution in [0.2, 0.25) is 0 Å². The van der Waals surface area contributed by atoms with Gasteiger partial charge in [0.2, 0.25) is 11.5 Å². The summed E-state index contributed by atoms with van der Waals surface area (Å²) in [6.45, 7) is -0.0260. The van der Waals surface area contributed by atoms with Crippen LogP contribution in [0, 0.1) is 0 Å². The molecular weight excluding hydrogens is 310 g/mol. The largest absolute Gasteiger partial charge is 0.493 e. The molecule has 0 fully saturated rings. The maximum atomic E-state index is 11.6. The van der Waals surface area contributed by atoms with Crippen LogP contribution in [0.1, 0.15) is 28.3 Å². The summed E-state index contributed by atoms with van der Waals surface area (Å²) in [7, 11) is 0. The molecule has 1 heterocycles. The molecular formula is C14H15NO8. The third-order valence-corrected chi connectivity index (χ3v) is 3.87. The highest BCUT2D eigenvalue weighted by Crippen LogP contribution is 2.44. The van der Waals surface area contributed by atoms with Crippen LogP contribution in [0.5, 0.6) is 5.75 Å². The normalized spacial score (nSPS) is 20.5. The first-order valence-corrected chi connectivity index (χ1v) is 6.63. The predicted molar refractivity (Wildman–Crippen MR) is 74.0 cm³/mol. The van der Waals surface area contributed by atoms with E-state index in [2.05, 4.69) is 0 Å². The third kappa shape index (κ3) is 2.60. The number of carboxylic acid groups (broad SMARTS) is 2. The van der Waals surface area contributed by atoms with Gasteiger partial charge in [-0.1, -0.05) is 6.07 Å². The van der Waals surface area contributed by atoms with Gasteiger partial charge in [0.15, 0.2) is 6.10 Å². The van der Waals surface area contributed by atoms with Crippen molar-refractivity contribution < 1.29 is 39.5 Å². The molecule has 9 heteroatoms. The Hall–Kier alpha value is -2.65. The smallest absolute Gasteiger partial charge is 0.339 e. The number of aliphatic hydroxyl groups excluding tert-OH is 1. The van der Waals surface area contributed by atoms with E-state index in [0.29, 0.717) is 0 Å². The van der Waals surface area contributed by atoms with Crippen LogP contribution >= 0.6 is 0 Å². The molecule has 1 amide bonds. The molecule has 1 aliphatic rings. The van der Waals surface area contributed by atoms with E-state index in [1.165, 1.54) is 18.2 Å². The molecule has 0 spiro atoms. The fourth-order valence-corrected chi connectivity index (χ4v) is 2.76. The molecule has 1 aromatic carbocycles. The van der Waals surface area contributed by atoms with E-state index < -0.39 is 35.5 Å². The number of fused-ring (bicyclic) bond motifs is 1. The maximum Gasteiger partial charge on any atom is 0.339 e. The molecule has 0 saturated heterocycles. The number of benzene rings is 1. The first-order chi connectivity index (χ1) is 10.7. The molecule has 23 heavy (non-hydrogen) atoms.